The lowest BCUT2D eigenvalue weighted by atomic mass is 10.3. The van der Waals surface area contributed by atoms with Crippen molar-refractivity contribution in [3.05, 3.63) is 28.4 Å². The van der Waals surface area contributed by atoms with E-state index in [1.807, 2.05) is 12.1 Å². The normalized spacial score (nSPS) is 10.8. The van der Waals surface area contributed by atoms with Crippen LogP contribution in [0.3, 0.4) is 0 Å². The summed E-state index contributed by atoms with van der Waals surface area (Å²) in [4.78, 5) is 5.11. The molecular formula is C8H5Cl2NS. The fourth-order valence-electron chi connectivity index (χ4n) is 1.05. The van der Waals surface area contributed by atoms with Gasteiger partial charge in [0.05, 0.1) is 5.88 Å². The molecule has 0 saturated heterocycles. The first-order valence-corrected chi connectivity index (χ1v) is 5.13. The van der Waals surface area contributed by atoms with Gasteiger partial charge in [-0.15, -0.1) is 22.9 Å². The number of halogens is 2. The number of hydrogen-bond donors (Lipinski definition) is 0. The molecule has 0 fully saturated rings. The Labute approximate surface area is 83.9 Å². The summed E-state index contributed by atoms with van der Waals surface area (Å²) < 4.78 is 1.14. The molecule has 2 heterocycles. The van der Waals surface area contributed by atoms with Gasteiger partial charge in [-0.2, -0.15) is 0 Å². The second-order valence-electron chi connectivity index (χ2n) is 2.36. The summed E-state index contributed by atoms with van der Waals surface area (Å²) in [6, 6.07) is 3.93. The largest absolute Gasteiger partial charge is 0.244 e. The minimum Gasteiger partial charge on any atom is -0.244 e. The van der Waals surface area contributed by atoms with Crippen LogP contribution in [-0.2, 0) is 5.88 Å². The van der Waals surface area contributed by atoms with Crippen LogP contribution in [0.5, 0.6) is 0 Å². The first-order valence-electron chi connectivity index (χ1n) is 3.40. The van der Waals surface area contributed by atoms with Crippen LogP contribution >= 0.6 is 34.5 Å². The van der Waals surface area contributed by atoms with Gasteiger partial charge in [0.15, 0.2) is 0 Å². The molecule has 2 aromatic rings. The molecule has 12 heavy (non-hydrogen) atoms. The summed E-state index contributed by atoms with van der Waals surface area (Å²) >= 11 is 13.2. The van der Waals surface area contributed by atoms with Crippen LogP contribution in [-0.4, -0.2) is 4.98 Å². The van der Waals surface area contributed by atoms with Crippen molar-refractivity contribution in [2.45, 2.75) is 5.88 Å². The van der Waals surface area contributed by atoms with Crippen LogP contribution in [0, 0.1) is 0 Å². The highest BCUT2D eigenvalue weighted by Gasteiger charge is 2.03. The van der Waals surface area contributed by atoms with E-state index in [4.69, 9.17) is 23.2 Å². The lowest BCUT2D eigenvalue weighted by molar-refractivity contribution is 1.37. The average molecular weight is 218 g/mol. The Kier molecular flexibility index (Phi) is 2.22. The summed E-state index contributed by atoms with van der Waals surface area (Å²) in [5.41, 5.74) is 0. The van der Waals surface area contributed by atoms with Gasteiger partial charge in [-0.1, -0.05) is 11.6 Å². The van der Waals surface area contributed by atoms with Crippen molar-refractivity contribution < 1.29 is 0 Å². The van der Waals surface area contributed by atoms with E-state index in [0.717, 1.165) is 15.0 Å². The molecule has 0 amide bonds. The summed E-state index contributed by atoms with van der Waals surface area (Å²) in [6.07, 6.45) is 1.71. The number of pyridine rings is 1. The van der Waals surface area contributed by atoms with Crippen molar-refractivity contribution in [2.75, 3.05) is 0 Å². The maximum absolute atomic E-state index is 5.88. The molecule has 1 nitrogen and oxygen atoms in total. The topological polar surface area (TPSA) is 12.9 Å². The molecular weight excluding hydrogens is 213 g/mol. The summed E-state index contributed by atoms with van der Waals surface area (Å²) in [5.74, 6) is 0.537. The minimum absolute atomic E-state index is 0.537. The highest BCUT2D eigenvalue weighted by Crippen LogP contribution is 2.30. The molecule has 2 rings (SSSR count). The Morgan fingerprint density at radius 3 is 3.00 bits per heavy atom. The minimum atomic E-state index is 0.537. The number of nitrogens with zero attached hydrogens (tertiary/aromatic N) is 1. The third-order valence-corrected chi connectivity index (χ3v) is 3.43. The van der Waals surface area contributed by atoms with E-state index in [0.29, 0.717) is 11.0 Å². The Morgan fingerprint density at radius 1 is 1.50 bits per heavy atom. The number of hydrogen-bond acceptors (Lipinski definition) is 2. The van der Waals surface area contributed by atoms with Crippen LogP contribution in [0.4, 0.5) is 0 Å². The number of fused-ring (bicyclic) bond motifs is 1. The van der Waals surface area contributed by atoms with Gasteiger partial charge in [0.2, 0.25) is 0 Å². The highest BCUT2D eigenvalue weighted by atomic mass is 35.5. The second kappa shape index (κ2) is 3.21. The standard InChI is InChI=1S/C8H5Cl2NS/c9-4-5-3-6-7(12-5)1-2-11-8(6)10/h1-3H,4H2. The third kappa shape index (κ3) is 1.30. The van der Waals surface area contributed by atoms with Gasteiger partial charge in [0, 0.05) is 21.2 Å². The Hall–Kier alpha value is -0.310. The van der Waals surface area contributed by atoms with E-state index in [2.05, 4.69) is 4.98 Å². The van der Waals surface area contributed by atoms with Crippen molar-refractivity contribution in [1.29, 1.82) is 0 Å². The fourth-order valence-corrected chi connectivity index (χ4v) is 2.47. The molecule has 0 saturated carbocycles. The smallest absolute Gasteiger partial charge is 0.137 e. The van der Waals surface area contributed by atoms with Gasteiger partial charge < -0.3 is 0 Å². The first kappa shape index (κ1) is 8.30. The van der Waals surface area contributed by atoms with Gasteiger partial charge in [-0.3, -0.25) is 0 Å². The molecule has 0 radical (unpaired) electrons. The van der Waals surface area contributed by atoms with Gasteiger partial charge in [0.25, 0.3) is 0 Å². The molecule has 0 aliphatic carbocycles. The summed E-state index contributed by atoms with van der Waals surface area (Å²) in [5, 5.41) is 1.56. The molecule has 0 unspecified atom stereocenters. The van der Waals surface area contributed by atoms with E-state index in [1.54, 1.807) is 17.5 Å². The molecule has 4 heteroatoms. The van der Waals surface area contributed by atoms with Gasteiger partial charge in [-0.25, -0.2) is 4.98 Å². The van der Waals surface area contributed by atoms with E-state index >= 15 is 0 Å². The zero-order valence-corrected chi connectivity index (χ0v) is 8.38. The Bertz CT molecular complexity index is 410. The molecule has 0 aromatic carbocycles. The molecule has 0 aliphatic heterocycles. The van der Waals surface area contributed by atoms with Crippen LogP contribution in [0.1, 0.15) is 4.88 Å². The van der Waals surface area contributed by atoms with Crippen LogP contribution < -0.4 is 0 Å². The predicted octanol–water partition coefficient (Wildman–Crippen LogP) is 3.69. The van der Waals surface area contributed by atoms with E-state index in [9.17, 15) is 0 Å². The SMILES string of the molecule is ClCc1cc2c(Cl)nccc2s1. The van der Waals surface area contributed by atoms with Gasteiger partial charge >= 0.3 is 0 Å². The maximum Gasteiger partial charge on any atom is 0.137 e. The predicted molar refractivity (Wildman–Crippen MR) is 54.2 cm³/mol. The van der Waals surface area contributed by atoms with Crippen molar-refractivity contribution in [3.63, 3.8) is 0 Å². The van der Waals surface area contributed by atoms with Gasteiger partial charge in [-0.05, 0) is 12.1 Å². The maximum atomic E-state index is 5.88. The molecule has 2 aromatic heterocycles. The summed E-state index contributed by atoms with van der Waals surface area (Å²) in [6.45, 7) is 0. The quantitative estimate of drug-likeness (QED) is 0.525. The summed E-state index contributed by atoms with van der Waals surface area (Å²) in [7, 11) is 0. The molecule has 62 valence electrons. The molecule has 0 bridgehead atoms. The van der Waals surface area contributed by atoms with Crippen LogP contribution in [0.15, 0.2) is 18.3 Å². The third-order valence-electron chi connectivity index (χ3n) is 1.58. The van der Waals surface area contributed by atoms with E-state index in [-0.39, 0.29) is 0 Å². The zero-order chi connectivity index (χ0) is 8.55. The van der Waals surface area contributed by atoms with E-state index < -0.39 is 0 Å². The zero-order valence-electron chi connectivity index (χ0n) is 6.05. The highest BCUT2D eigenvalue weighted by molar-refractivity contribution is 7.19. The average Bonchev–Trinajstić information content (AvgIpc) is 2.49. The molecule has 0 spiro atoms. The van der Waals surface area contributed by atoms with Crippen molar-refractivity contribution >= 4 is 44.6 Å². The number of alkyl halides is 1. The first-order chi connectivity index (χ1) is 5.81. The number of rotatable bonds is 1. The Balaban J connectivity index is 2.74. The molecule has 0 atom stereocenters. The van der Waals surface area contributed by atoms with E-state index in [1.165, 1.54) is 0 Å². The fraction of sp³-hybridized carbons (Fsp3) is 0.125. The monoisotopic (exact) mass is 217 g/mol. The Morgan fingerprint density at radius 2 is 2.33 bits per heavy atom. The van der Waals surface area contributed by atoms with Crippen molar-refractivity contribution in [1.82, 2.24) is 4.98 Å². The second-order valence-corrected chi connectivity index (χ2v) is 4.15. The van der Waals surface area contributed by atoms with Crippen LogP contribution in [0.2, 0.25) is 5.15 Å². The lowest BCUT2D eigenvalue weighted by Gasteiger charge is -1.88. The van der Waals surface area contributed by atoms with Crippen LogP contribution in [0.25, 0.3) is 10.1 Å². The number of thiophene rings is 1. The lowest BCUT2D eigenvalue weighted by Crippen LogP contribution is -1.71. The van der Waals surface area contributed by atoms with Gasteiger partial charge in [0.1, 0.15) is 5.15 Å². The number of aromatic nitrogens is 1. The molecule has 0 aliphatic rings. The van der Waals surface area contributed by atoms with Crippen molar-refractivity contribution in [2.24, 2.45) is 0 Å². The molecule has 0 N–H and O–H groups in total. The van der Waals surface area contributed by atoms with Crippen molar-refractivity contribution in [3.8, 4) is 0 Å².